The lowest BCUT2D eigenvalue weighted by molar-refractivity contribution is -0.138. The normalized spacial score (nSPS) is 16.0. The second-order valence-corrected chi connectivity index (χ2v) is 7.01. The highest BCUT2D eigenvalue weighted by molar-refractivity contribution is 5.94. The number of nitriles is 1. The van der Waals surface area contributed by atoms with Crippen molar-refractivity contribution < 1.29 is 14.3 Å². The quantitative estimate of drug-likeness (QED) is 0.786. The lowest BCUT2D eigenvalue weighted by Gasteiger charge is -2.38. The highest BCUT2D eigenvalue weighted by Crippen LogP contribution is 2.32. The van der Waals surface area contributed by atoms with Crippen LogP contribution in [0, 0.1) is 32.1 Å². The second-order valence-electron chi connectivity index (χ2n) is 7.01. The summed E-state index contributed by atoms with van der Waals surface area (Å²) in [6.07, 6.45) is 4.32. The Labute approximate surface area is 149 Å². The summed E-state index contributed by atoms with van der Waals surface area (Å²) in [4.78, 5) is 26.3. The van der Waals surface area contributed by atoms with Crippen LogP contribution in [-0.2, 0) is 9.53 Å². The number of esters is 1. The summed E-state index contributed by atoms with van der Waals surface area (Å²) in [6.45, 7) is 5.35. The second kappa shape index (κ2) is 7.69. The standard InChI is InChI=1S/C20H26N2O3/c1-14-10-15(2)18(16(3)11-14)19(24)25-12-17(23)22(4)20(13-21)8-6-5-7-9-20/h10-11H,5-9,12H2,1-4H3. The van der Waals surface area contributed by atoms with Crippen molar-refractivity contribution in [1.29, 1.82) is 5.26 Å². The largest absolute Gasteiger partial charge is 0.452 e. The van der Waals surface area contributed by atoms with Gasteiger partial charge in [-0.05, 0) is 44.7 Å². The van der Waals surface area contributed by atoms with Crippen LogP contribution in [0.4, 0.5) is 0 Å². The van der Waals surface area contributed by atoms with Crippen LogP contribution in [0.15, 0.2) is 12.1 Å². The number of ether oxygens (including phenoxy) is 1. The summed E-state index contributed by atoms with van der Waals surface area (Å²) < 4.78 is 5.25. The summed E-state index contributed by atoms with van der Waals surface area (Å²) in [5.41, 5.74) is 2.50. The molecule has 0 radical (unpaired) electrons. The van der Waals surface area contributed by atoms with Crippen molar-refractivity contribution in [3.05, 3.63) is 34.4 Å². The monoisotopic (exact) mass is 342 g/mol. The van der Waals surface area contributed by atoms with Crippen LogP contribution >= 0.6 is 0 Å². The van der Waals surface area contributed by atoms with Gasteiger partial charge in [-0.3, -0.25) is 4.79 Å². The van der Waals surface area contributed by atoms with Gasteiger partial charge in [0.05, 0.1) is 11.6 Å². The molecule has 1 aliphatic rings. The maximum atomic E-state index is 12.5. The third-order valence-electron chi connectivity index (χ3n) is 5.11. The molecular weight excluding hydrogens is 316 g/mol. The number of nitrogens with zero attached hydrogens (tertiary/aromatic N) is 2. The number of hydrogen-bond donors (Lipinski definition) is 0. The van der Waals surface area contributed by atoms with Gasteiger partial charge >= 0.3 is 5.97 Å². The Morgan fingerprint density at radius 3 is 2.24 bits per heavy atom. The van der Waals surface area contributed by atoms with Crippen LogP contribution in [0.2, 0.25) is 0 Å². The van der Waals surface area contributed by atoms with Crippen LogP contribution in [0.1, 0.15) is 59.2 Å². The van der Waals surface area contributed by atoms with E-state index in [1.807, 2.05) is 32.9 Å². The first kappa shape index (κ1) is 19.0. The number of amides is 1. The fourth-order valence-corrected chi connectivity index (χ4v) is 3.70. The highest BCUT2D eigenvalue weighted by atomic mass is 16.5. The van der Waals surface area contributed by atoms with Crippen molar-refractivity contribution in [1.82, 2.24) is 4.90 Å². The predicted molar refractivity (Wildman–Crippen MR) is 95.1 cm³/mol. The number of likely N-dealkylation sites (N-methyl/N-ethyl adjacent to an activating group) is 1. The molecule has 0 aromatic heterocycles. The molecule has 134 valence electrons. The van der Waals surface area contributed by atoms with Crippen LogP contribution in [0.25, 0.3) is 0 Å². The molecule has 1 aromatic carbocycles. The van der Waals surface area contributed by atoms with E-state index in [1.54, 1.807) is 7.05 Å². The van der Waals surface area contributed by atoms with E-state index in [4.69, 9.17) is 4.74 Å². The fraction of sp³-hybridized carbons (Fsp3) is 0.550. The van der Waals surface area contributed by atoms with E-state index in [0.29, 0.717) is 18.4 Å². The Balaban J connectivity index is 2.04. The summed E-state index contributed by atoms with van der Waals surface area (Å²) in [6, 6.07) is 6.15. The summed E-state index contributed by atoms with van der Waals surface area (Å²) in [5, 5.41) is 9.56. The van der Waals surface area contributed by atoms with Gasteiger partial charge in [-0.25, -0.2) is 4.79 Å². The number of carbonyl (C=O) groups is 2. The molecule has 0 N–H and O–H groups in total. The van der Waals surface area contributed by atoms with Crippen molar-refractivity contribution in [3.8, 4) is 6.07 Å². The van der Waals surface area contributed by atoms with Crippen molar-refractivity contribution in [2.24, 2.45) is 0 Å². The van der Waals surface area contributed by atoms with Gasteiger partial charge in [0.1, 0.15) is 5.54 Å². The van der Waals surface area contributed by atoms with Gasteiger partial charge in [-0.2, -0.15) is 5.26 Å². The maximum absolute atomic E-state index is 12.5. The van der Waals surface area contributed by atoms with Crippen molar-refractivity contribution in [3.63, 3.8) is 0 Å². The molecule has 1 fully saturated rings. The smallest absolute Gasteiger partial charge is 0.339 e. The highest BCUT2D eigenvalue weighted by Gasteiger charge is 2.39. The summed E-state index contributed by atoms with van der Waals surface area (Å²) >= 11 is 0. The minimum Gasteiger partial charge on any atom is -0.452 e. The van der Waals surface area contributed by atoms with E-state index in [1.165, 1.54) is 4.90 Å². The molecule has 1 amide bonds. The molecule has 0 unspecified atom stereocenters. The van der Waals surface area contributed by atoms with E-state index >= 15 is 0 Å². The molecule has 1 aromatic rings. The predicted octanol–water partition coefficient (Wildman–Crippen LogP) is 3.45. The minimum absolute atomic E-state index is 0.334. The topological polar surface area (TPSA) is 70.4 Å². The average Bonchev–Trinajstić information content (AvgIpc) is 2.58. The number of benzene rings is 1. The molecular formula is C20H26N2O3. The first-order valence-corrected chi connectivity index (χ1v) is 8.73. The van der Waals surface area contributed by atoms with Crippen LogP contribution < -0.4 is 0 Å². The number of carbonyl (C=O) groups excluding carboxylic acids is 2. The van der Waals surface area contributed by atoms with Gasteiger partial charge in [0, 0.05) is 7.05 Å². The average molecular weight is 342 g/mol. The first-order chi connectivity index (χ1) is 11.8. The molecule has 2 rings (SSSR count). The van der Waals surface area contributed by atoms with Gasteiger partial charge in [-0.1, -0.05) is 37.0 Å². The molecule has 0 saturated heterocycles. The van der Waals surface area contributed by atoms with Crippen molar-refractivity contribution >= 4 is 11.9 Å². The molecule has 5 heteroatoms. The Morgan fingerprint density at radius 1 is 1.16 bits per heavy atom. The van der Waals surface area contributed by atoms with Gasteiger partial charge < -0.3 is 9.64 Å². The SMILES string of the molecule is Cc1cc(C)c(C(=O)OCC(=O)N(C)C2(C#N)CCCCC2)c(C)c1. The van der Waals surface area contributed by atoms with Crippen LogP contribution in [0.3, 0.4) is 0 Å². The van der Waals surface area contributed by atoms with E-state index in [-0.39, 0.29) is 12.5 Å². The molecule has 0 heterocycles. The van der Waals surface area contributed by atoms with Gasteiger partial charge in [0.25, 0.3) is 5.91 Å². The lowest BCUT2D eigenvalue weighted by Crippen LogP contribution is -2.51. The summed E-state index contributed by atoms with van der Waals surface area (Å²) in [7, 11) is 1.63. The van der Waals surface area contributed by atoms with Crippen molar-refractivity contribution in [2.75, 3.05) is 13.7 Å². The van der Waals surface area contributed by atoms with E-state index in [9.17, 15) is 14.9 Å². The van der Waals surface area contributed by atoms with E-state index < -0.39 is 11.5 Å². The molecule has 0 bridgehead atoms. The molecule has 0 aliphatic heterocycles. The number of aryl methyl sites for hydroxylation is 3. The van der Waals surface area contributed by atoms with Gasteiger partial charge in [-0.15, -0.1) is 0 Å². The van der Waals surface area contributed by atoms with Crippen LogP contribution in [0.5, 0.6) is 0 Å². The first-order valence-electron chi connectivity index (χ1n) is 8.73. The van der Waals surface area contributed by atoms with E-state index in [2.05, 4.69) is 6.07 Å². The van der Waals surface area contributed by atoms with Crippen LogP contribution in [-0.4, -0.2) is 36.0 Å². The third-order valence-corrected chi connectivity index (χ3v) is 5.11. The Kier molecular flexibility index (Phi) is 5.84. The molecule has 1 saturated carbocycles. The van der Waals surface area contributed by atoms with Gasteiger partial charge in [0.15, 0.2) is 6.61 Å². The molecule has 1 aliphatic carbocycles. The fourth-order valence-electron chi connectivity index (χ4n) is 3.70. The molecule has 25 heavy (non-hydrogen) atoms. The molecule has 0 spiro atoms. The Bertz CT molecular complexity index is 689. The zero-order valence-corrected chi connectivity index (χ0v) is 15.5. The zero-order valence-electron chi connectivity index (χ0n) is 15.5. The summed E-state index contributed by atoms with van der Waals surface area (Å²) in [5.74, 6) is -0.828. The Hall–Kier alpha value is -2.35. The zero-order chi connectivity index (χ0) is 18.6. The lowest BCUT2D eigenvalue weighted by atomic mass is 9.81. The molecule has 5 nitrogen and oxygen atoms in total. The number of rotatable bonds is 4. The van der Waals surface area contributed by atoms with Crippen molar-refractivity contribution in [2.45, 2.75) is 58.4 Å². The van der Waals surface area contributed by atoms with E-state index in [0.717, 1.165) is 36.0 Å². The third kappa shape index (κ3) is 4.01. The maximum Gasteiger partial charge on any atom is 0.339 e. The Morgan fingerprint density at radius 2 is 1.72 bits per heavy atom. The van der Waals surface area contributed by atoms with Gasteiger partial charge in [0.2, 0.25) is 0 Å². The molecule has 0 atom stereocenters. The minimum atomic E-state index is -0.766. The number of hydrogen-bond acceptors (Lipinski definition) is 4.